The first-order valence-corrected chi connectivity index (χ1v) is 3.91. The van der Waals surface area contributed by atoms with Crippen LogP contribution < -0.4 is 5.73 Å². The fraction of sp³-hybridized carbons (Fsp3) is 0.375. The van der Waals surface area contributed by atoms with Crippen LogP contribution in [0, 0.1) is 0 Å². The summed E-state index contributed by atoms with van der Waals surface area (Å²) in [5.74, 6) is 0.802. The fourth-order valence-electron chi connectivity index (χ4n) is 0.759. The predicted molar refractivity (Wildman–Crippen MR) is 49.5 cm³/mol. The van der Waals surface area contributed by atoms with E-state index in [-0.39, 0.29) is 0 Å². The molecule has 70 valence electrons. The molecule has 0 aromatic carbocycles. The third-order valence-electron chi connectivity index (χ3n) is 1.37. The van der Waals surface area contributed by atoms with E-state index in [0.29, 0.717) is 24.8 Å². The van der Waals surface area contributed by atoms with E-state index in [1.165, 1.54) is 0 Å². The van der Waals surface area contributed by atoms with Gasteiger partial charge >= 0.3 is 0 Å². The molecule has 2 N–H and O–H groups in total. The molecule has 0 radical (unpaired) electrons. The Labute approximate surface area is 76.7 Å². The minimum atomic E-state index is 0.345. The number of nitrogens with zero attached hydrogens (tertiary/aromatic N) is 3. The summed E-state index contributed by atoms with van der Waals surface area (Å²) in [7, 11) is 1.62. The minimum Gasteiger partial charge on any atom is -0.383 e. The largest absolute Gasteiger partial charge is 0.383 e. The second-order valence-corrected chi connectivity index (χ2v) is 2.33. The van der Waals surface area contributed by atoms with Gasteiger partial charge < -0.3 is 10.5 Å². The Morgan fingerprint density at radius 2 is 2.23 bits per heavy atom. The molecule has 0 fully saturated rings. The molecule has 0 amide bonds. The van der Waals surface area contributed by atoms with Gasteiger partial charge in [0.1, 0.15) is 0 Å². The van der Waals surface area contributed by atoms with Crippen molar-refractivity contribution < 1.29 is 4.74 Å². The molecule has 1 rings (SSSR count). The van der Waals surface area contributed by atoms with Crippen LogP contribution in [0.25, 0.3) is 0 Å². The van der Waals surface area contributed by atoms with Gasteiger partial charge in [0.25, 0.3) is 0 Å². The summed E-state index contributed by atoms with van der Waals surface area (Å²) in [6, 6.07) is 1.73. The monoisotopic (exact) mass is 180 g/mol. The highest BCUT2D eigenvalue weighted by Crippen LogP contribution is 1.86. The highest BCUT2D eigenvalue weighted by atomic mass is 16.5. The molecule has 0 unspecified atom stereocenters. The molecular weight excluding hydrogens is 168 g/mol. The molecule has 0 bridgehead atoms. The standard InChI is InChI=1S/C8H12N4O/c1-13-6-5-10-7(9)8-11-3-2-4-12-8/h2-4H,5-6H2,1H3,(H2,9,10). The molecule has 1 aromatic rings. The Kier molecular flexibility index (Phi) is 3.84. The first-order valence-electron chi connectivity index (χ1n) is 3.91. The lowest BCUT2D eigenvalue weighted by atomic mass is 10.5. The van der Waals surface area contributed by atoms with E-state index >= 15 is 0 Å². The van der Waals surface area contributed by atoms with E-state index in [2.05, 4.69) is 15.0 Å². The number of hydrogen-bond donors (Lipinski definition) is 1. The molecule has 0 aliphatic rings. The Hall–Kier alpha value is -1.49. The van der Waals surface area contributed by atoms with Gasteiger partial charge in [-0.15, -0.1) is 0 Å². The van der Waals surface area contributed by atoms with Crippen molar-refractivity contribution >= 4 is 5.84 Å². The van der Waals surface area contributed by atoms with E-state index in [4.69, 9.17) is 10.5 Å². The first-order chi connectivity index (χ1) is 6.34. The van der Waals surface area contributed by atoms with Crippen LogP contribution in [0.3, 0.4) is 0 Å². The van der Waals surface area contributed by atoms with Gasteiger partial charge in [0.2, 0.25) is 0 Å². The molecule has 0 aliphatic carbocycles. The van der Waals surface area contributed by atoms with Crippen molar-refractivity contribution in [3.63, 3.8) is 0 Å². The van der Waals surface area contributed by atoms with E-state index < -0.39 is 0 Å². The summed E-state index contributed by atoms with van der Waals surface area (Å²) in [6.07, 6.45) is 3.25. The Balaban J connectivity index is 2.57. The normalized spacial score (nSPS) is 11.6. The summed E-state index contributed by atoms with van der Waals surface area (Å²) >= 11 is 0. The van der Waals surface area contributed by atoms with Crippen LogP contribution >= 0.6 is 0 Å². The van der Waals surface area contributed by atoms with Crippen molar-refractivity contribution in [3.8, 4) is 0 Å². The van der Waals surface area contributed by atoms with Crippen molar-refractivity contribution in [1.29, 1.82) is 0 Å². The summed E-state index contributed by atoms with van der Waals surface area (Å²) < 4.78 is 4.82. The zero-order valence-corrected chi connectivity index (χ0v) is 7.47. The van der Waals surface area contributed by atoms with Gasteiger partial charge in [0.05, 0.1) is 13.2 Å². The molecule has 0 atom stereocenters. The second-order valence-electron chi connectivity index (χ2n) is 2.33. The van der Waals surface area contributed by atoms with Gasteiger partial charge in [0, 0.05) is 19.5 Å². The predicted octanol–water partition coefficient (Wildman–Crippen LogP) is -0.172. The number of methoxy groups -OCH3 is 1. The van der Waals surface area contributed by atoms with E-state index in [1.807, 2.05) is 0 Å². The summed E-state index contributed by atoms with van der Waals surface area (Å²) in [4.78, 5) is 11.9. The maximum Gasteiger partial charge on any atom is 0.194 e. The van der Waals surface area contributed by atoms with Crippen LogP contribution in [-0.2, 0) is 4.74 Å². The number of aliphatic imine (C=N–C) groups is 1. The van der Waals surface area contributed by atoms with E-state index in [0.717, 1.165) is 0 Å². The molecule has 5 nitrogen and oxygen atoms in total. The average Bonchev–Trinajstić information content (AvgIpc) is 2.19. The zero-order valence-electron chi connectivity index (χ0n) is 7.47. The van der Waals surface area contributed by atoms with Gasteiger partial charge in [-0.2, -0.15) is 0 Å². The summed E-state index contributed by atoms with van der Waals surface area (Å²) in [6.45, 7) is 1.08. The number of hydrogen-bond acceptors (Lipinski definition) is 4. The van der Waals surface area contributed by atoms with Gasteiger partial charge in [0.15, 0.2) is 11.7 Å². The third-order valence-corrected chi connectivity index (χ3v) is 1.37. The van der Waals surface area contributed by atoms with Gasteiger partial charge in [-0.1, -0.05) is 0 Å². The molecule has 0 saturated heterocycles. The van der Waals surface area contributed by atoms with Crippen molar-refractivity contribution in [2.24, 2.45) is 10.7 Å². The van der Waals surface area contributed by atoms with Crippen molar-refractivity contribution in [1.82, 2.24) is 9.97 Å². The molecule has 1 heterocycles. The average molecular weight is 180 g/mol. The van der Waals surface area contributed by atoms with Crippen molar-refractivity contribution in [2.75, 3.05) is 20.3 Å². The maximum absolute atomic E-state index is 5.61. The summed E-state index contributed by atoms with van der Waals surface area (Å²) in [5, 5.41) is 0. The molecule has 0 spiro atoms. The molecule has 5 heteroatoms. The van der Waals surface area contributed by atoms with Gasteiger partial charge in [-0.3, -0.25) is 4.99 Å². The number of nitrogens with two attached hydrogens (primary N) is 1. The van der Waals surface area contributed by atoms with Crippen LogP contribution in [0.4, 0.5) is 0 Å². The maximum atomic E-state index is 5.61. The number of amidine groups is 1. The lowest BCUT2D eigenvalue weighted by Crippen LogP contribution is -2.18. The third kappa shape index (κ3) is 3.16. The van der Waals surface area contributed by atoms with Crippen LogP contribution in [-0.4, -0.2) is 36.1 Å². The first kappa shape index (κ1) is 9.60. The number of ether oxygens (including phenoxy) is 1. The van der Waals surface area contributed by atoms with Crippen LogP contribution in [0.5, 0.6) is 0 Å². The minimum absolute atomic E-state index is 0.345. The van der Waals surface area contributed by atoms with Crippen molar-refractivity contribution in [2.45, 2.75) is 0 Å². The molecule has 1 aromatic heterocycles. The molecule has 13 heavy (non-hydrogen) atoms. The zero-order chi connectivity index (χ0) is 9.52. The Bertz CT molecular complexity index is 273. The highest BCUT2D eigenvalue weighted by molar-refractivity contribution is 5.93. The molecule has 0 saturated carbocycles. The SMILES string of the molecule is COCCN=C(N)c1ncccn1. The lowest BCUT2D eigenvalue weighted by molar-refractivity contribution is 0.208. The highest BCUT2D eigenvalue weighted by Gasteiger charge is 1.98. The Morgan fingerprint density at radius 1 is 1.54 bits per heavy atom. The second kappa shape index (κ2) is 5.21. The molecule has 0 aliphatic heterocycles. The van der Waals surface area contributed by atoms with E-state index in [1.54, 1.807) is 25.6 Å². The summed E-state index contributed by atoms with van der Waals surface area (Å²) in [5.41, 5.74) is 5.61. The van der Waals surface area contributed by atoms with Crippen LogP contribution in [0.2, 0.25) is 0 Å². The lowest BCUT2D eigenvalue weighted by Gasteiger charge is -1.97. The van der Waals surface area contributed by atoms with Gasteiger partial charge in [-0.05, 0) is 6.07 Å². The van der Waals surface area contributed by atoms with Crippen LogP contribution in [0.15, 0.2) is 23.5 Å². The van der Waals surface area contributed by atoms with Gasteiger partial charge in [-0.25, -0.2) is 9.97 Å². The van der Waals surface area contributed by atoms with E-state index in [9.17, 15) is 0 Å². The number of aromatic nitrogens is 2. The molecular formula is C8H12N4O. The van der Waals surface area contributed by atoms with Crippen molar-refractivity contribution in [3.05, 3.63) is 24.3 Å². The van der Waals surface area contributed by atoms with Crippen LogP contribution in [0.1, 0.15) is 5.82 Å². The smallest absolute Gasteiger partial charge is 0.194 e. The fourth-order valence-corrected chi connectivity index (χ4v) is 0.759. The quantitative estimate of drug-likeness (QED) is 0.396. The topological polar surface area (TPSA) is 73.4 Å². The Morgan fingerprint density at radius 3 is 2.85 bits per heavy atom. The number of rotatable bonds is 4.